The number of carbonyl (C=O) groups is 2. The lowest BCUT2D eigenvalue weighted by atomic mass is 9.88. The minimum absolute atomic E-state index is 0.125. The topological polar surface area (TPSA) is 72.2 Å². The molecule has 4 heteroatoms. The highest BCUT2D eigenvalue weighted by Crippen LogP contribution is 2.19. The van der Waals surface area contributed by atoms with E-state index < -0.39 is 11.3 Å². The van der Waals surface area contributed by atoms with Crippen molar-refractivity contribution < 1.29 is 9.59 Å². The van der Waals surface area contributed by atoms with Gasteiger partial charge < -0.3 is 11.1 Å². The molecule has 0 aliphatic rings. The zero-order valence-electron chi connectivity index (χ0n) is 9.60. The zero-order valence-corrected chi connectivity index (χ0v) is 9.60. The summed E-state index contributed by atoms with van der Waals surface area (Å²) in [5, 5.41) is 2.78. The van der Waals surface area contributed by atoms with Crippen molar-refractivity contribution in [3.8, 4) is 0 Å². The summed E-state index contributed by atoms with van der Waals surface area (Å²) in [4.78, 5) is 22.4. The van der Waals surface area contributed by atoms with E-state index in [0.29, 0.717) is 0 Å². The molecule has 0 radical (unpaired) electrons. The van der Waals surface area contributed by atoms with Gasteiger partial charge in [-0.05, 0) is 20.8 Å². The largest absolute Gasteiger partial charge is 0.369 e. The number of nitrogens with one attached hydrogen (secondary N) is 1. The fourth-order valence-electron chi connectivity index (χ4n) is 0.951. The number of amides is 2. The van der Waals surface area contributed by atoms with E-state index in [-0.39, 0.29) is 17.9 Å². The number of rotatable bonds is 3. The van der Waals surface area contributed by atoms with Crippen LogP contribution in [0, 0.1) is 5.41 Å². The highest BCUT2D eigenvalue weighted by Gasteiger charge is 2.29. The molecule has 0 aliphatic heterocycles. The van der Waals surface area contributed by atoms with Crippen molar-refractivity contribution in [3.05, 3.63) is 0 Å². The van der Waals surface area contributed by atoms with Crippen LogP contribution in [0.2, 0.25) is 0 Å². The van der Waals surface area contributed by atoms with Gasteiger partial charge in [0.2, 0.25) is 11.8 Å². The zero-order chi connectivity index (χ0) is 11.6. The lowest BCUT2D eigenvalue weighted by Gasteiger charge is -2.25. The average Bonchev–Trinajstić information content (AvgIpc) is 1.79. The third-order valence-electron chi connectivity index (χ3n) is 1.78. The van der Waals surface area contributed by atoms with Gasteiger partial charge in [0.1, 0.15) is 0 Å². The Labute approximate surface area is 85.2 Å². The molecule has 0 aliphatic carbocycles. The lowest BCUT2D eigenvalue weighted by Crippen LogP contribution is -2.44. The lowest BCUT2D eigenvalue weighted by molar-refractivity contribution is -0.133. The van der Waals surface area contributed by atoms with Crippen molar-refractivity contribution in [1.29, 1.82) is 0 Å². The van der Waals surface area contributed by atoms with Crippen LogP contribution in [0.15, 0.2) is 0 Å². The van der Waals surface area contributed by atoms with E-state index in [1.807, 2.05) is 20.8 Å². The fourth-order valence-corrected chi connectivity index (χ4v) is 0.951. The Bertz CT molecular complexity index is 239. The maximum absolute atomic E-state index is 11.5. The molecule has 0 heterocycles. The first-order valence-corrected chi connectivity index (χ1v) is 4.65. The molecule has 0 aromatic heterocycles. The molecule has 0 rings (SSSR count). The summed E-state index contributed by atoms with van der Waals surface area (Å²) in [5.74, 6) is -0.608. The van der Waals surface area contributed by atoms with Gasteiger partial charge in [0.05, 0.1) is 5.41 Å². The molecule has 4 nitrogen and oxygen atoms in total. The third kappa shape index (κ3) is 4.84. The second-order valence-electron chi connectivity index (χ2n) is 5.22. The van der Waals surface area contributed by atoms with Crippen molar-refractivity contribution in [1.82, 2.24) is 5.32 Å². The minimum atomic E-state index is -0.782. The normalized spacial score (nSPS) is 12.4. The Morgan fingerprint density at radius 3 is 1.86 bits per heavy atom. The van der Waals surface area contributed by atoms with Crippen LogP contribution in [-0.2, 0) is 9.59 Å². The molecule has 0 aromatic rings. The van der Waals surface area contributed by atoms with Gasteiger partial charge in [-0.2, -0.15) is 0 Å². The number of carbonyl (C=O) groups excluding carboxylic acids is 2. The van der Waals surface area contributed by atoms with E-state index in [9.17, 15) is 9.59 Å². The molecule has 0 saturated heterocycles. The molecule has 0 bridgehead atoms. The van der Waals surface area contributed by atoms with Crippen LogP contribution in [0.5, 0.6) is 0 Å². The molecule has 0 unspecified atom stereocenters. The molecule has 82 valence electrons. The van der Waals surface area contributed by atoms with E-state index in [1.165, 1.54) is 0 Å². The summed E-state index contributed by atoms with van der Waals surface area (Å²) in [6.45, 7) is 9.00. The maximum Gasteiger partial charge on any atom is 0.223 e. The number of hydrogen-bond acceptors (Lipinski definition) is 2. The Hall–Kier alpha value is -1.06. The summed E-state index contributed by atoms with van der Waals surface area (Å²) in [5.41, 5.74) is 4.11. The number of nitrogens with two attached hydrogens (primary N) is 1. The molecule has 0 fully saturated rings. The van der Waals surface area contributed by atoms with Gasteiger partial charge in [-0.25, -0.2) is 0 Å². The van der Waals surface area contributed by atoms with Crippen molar-refractivity contribution in [3.63, 3.8) is 0 Å². The molecule has 14 heavy (non-hydrogen) atoms. The molecule has 3 N–H and O–H groups in total. The molecular formula is C10H20N2O2. The number of primary amides is 1. The Morgan fingerprint density at radius 2 is 1.57 bits per heavy atom. The number of hydrogen-bond donors (Lipinski definition) is 2. The van der Waals surface area contributed by atoms with Crippen LogP contribution in [0.4, 0.5) is 0 Å². The van der Waals surface area contributed by atoms with E-state index in [2.05, 4.69) is 5.32 Å². The first kappa shape index (κ1) is 12.9. The summed E-state index contributed by atoms with van der Waals surface area (Å²) in [6.07, 6.45) is 0.125. The van der Waals surface area contributed by atoms with Crippen molar-refractivity contribution in [2.24, 2.45) is 11.1 Å². The van der Waals surface area contributed by atoms with Crippen LogP contribution in [0.3, 0.4) is 0 Å². The highest BCUT2D eigenvalue weighted by atomic mass is 16.2. The minimum Gasteiger partial charge on any atom is -0.369 e. The van der Waals surface area contributed by atoms with Crippen LogP contribution >= 0.6 is 0 Å². The Balaban J connectivity index is 4.27. The van der Waals surface area contributed by atoms with E-state index in [0.717, 1.165) is 0 Å². The van der Waals surface area contributed by atoms with Gasteiger partial charge in [0, 0.05) is 12.0 Å². The summed E-state index contributed by atoms with van der Waals surface area (Å²) in [6, 6.07) is 0. The van der Waals surface area contributed by atoms with Crippen molar-refractivity contribution in [2.45, 2.75) is 46.6 Å². The molecular weight excluding hydrogens is 180 g/mol. The SMILES string of the molecule is CC(C)(C)NC(=O)CC(C)(C)C(N)=O. The summed E-state index contributed by atoms with van der Waals surface area (Å²) < 4.78 is 0. The van der Waals surface area contributed by atoms with Gasteiger partial charge in [0.25, 0.3) is 0 Å². The second-order valence-corrected chi connectivity index (χ2v) is 5.22. The van der Waals surface area contributed by atoms with Gasteiger partial charge in [-0.1, -0.05) is 13.8 Å². The smallest absolute Gasteiger partial charge is 0.223 e. The predicted octanol–water partition coefficient (Wildman–Crippen LogP) is 0.803. The van der Waals surface area contributed by atoms with Crippen LogP contribution in [0.25, 0.3) is 0 Å². The quantitative estimate of drug-likeness (QED) is 0.707. The average molecular weight is 200 g/mol. The second kappa shape index (κ2) is 3.98. The van der Waals surface area contributed by atoms with Crippen LogP contribution in [0.1, 0.15) is 41.0 Å². The van der Waals surface area contributed by atoms with Crippen molar-refractivity contribution in [2.75, 3.05) is 0 Å². The van der Waals surface area contributed by atoms with Crippen LogP contribution < -0.4 is 11.1 Å². The highest BCUT2D eigenvalue weighted by molar-refractivity contribution is 5.87. The van der Waals surface area contributed by atoms with Gasteiger partial charge >= 0.3 is 0 Å². The van der Waals surface area contributed by atoms with Crippen LogP contribution in [-0.4, -0.2) is 17.4 Å². The monoisotopic (exact) mass is 200 g/mol. The summed E-state index contributed by atoms with van der Waals surface area (Å²) in [7, 11) is 0. The van der Waals surface area contributed by atoms with E-state index >= 15 is 0 Å². The van der Waals surface area contributed by atoms with Gasteiger partial charge in [0.15, 0.2) is 0 Å². The van der Waals surface area contributed by atoms with Gasteiger partial charge in [-0.15, -0.1) is 0 Å². The van der Waals surface area contributed by atoms with E-state index in [4.69, 9.17) is 5.73 Å². The first-order valence-electron chi connectivity index (χ1n) is 4.65. The molecule has 0 aromatic carbocycles. The molecule has 0 saturated carbocycles. The predicted molar refractivity (Wildman–Crippen MR) is 55.5 cm³/mol. The molecule has 0 spiro atoms. The maximum atomic E-state index is 11.5. The Morgan fingerprint density at radius 1 is 1.14 bits per heavy atom. The summed E-state index contributed by atoms with van der Waals surface area (Å²) >= 11 is 0. The third-order valence-corrected chi connectivity index (χ3v) is 1.78. The van der Waals surface area contributed by atoms with Crippen molar-refractivity contribution >= 4 is 11.8 Å². The standard InChI is InChI=1S/C10H20N2O2/c1-9(2,3)12-7(13)6-10(4,5)8(11)14/h6H2,1-5H3,(H2,11,14)(H,12,13). The Kier molecular flexibility index (Phi) is 3.68. The van der Waals surface area contributed by atoms with E-state index in [1.54, 1.807) is 13.8 Å². The first-order chi connectivity index (χ1) is 6.04. The molecule has 2 amide bonds. The molecule has 0 atom stereocenters. The fraction of sp³-hybridized carbons (Fsp3) is 0.800. The van der Waals surface area contributed by atoms with Gasteiger partial charge in [-0.3, -0.25) is 9.59 Å².